The summed E-state index contributed by atoms with van der Waals surface area (Å²) in [6.07, 6.45) is 4.27. The molecule has 0 N–H and O–H groups in total. The van der Waals surface area contributed by atoms with E-state index in [4.69, 9.17) is 36.9 Å². The minimum absolute atomic E-state index is 0.0218. The molecule has 0 saturated heterocycles. The molecule has 17 heteroatoms. The van der Waals surface area contributed by atoms with Crippen LogP contribution in [0.2, 0.25) is 10.0 Å². The fourth-order valence-corrected chi connectivity index (χ4v) is 6.66. The standard InChI is InChI=1S/C30H31Cl2F2NO10S2/c1-46(38,39)17-21(11-18-5-8-22(9-6-18)45-47(2,40)41)29(36)43-27(13-23-24(31)14-35(37)15-25(23)32)20-7-10-26(44-30(33)34)28(12-20)42-16-19-3-4-19/h5-10,12,14-15,19,21,27,30H,3-4,11,13,16-17H2,1-2H3/t21-,27+/m1/s1. The second-order valence-electron chi connectivity index (χ2n) is 11.2. The highest BCUT2D eigenvalue weighted by Gasteiger charge is 2.31. The fraction of sp³-hybridized carbons (Fsp3) is 0.400. The Kier molecular flexibility index (Phi) is 11.8. The van der Waals surface area contributed by atoms with E-state index in [9.17, 15) is 35.6 Å². The summed E-state index contributed by atoms with van der Waals surface area (Å²) in [6, 6.07) is 9.66. The normalized spacial score (nSPS) is 14.8. The van der Waals surface area contributed by atoms with E-state index in [1.54, 1.807) is 0 Å². The van der Waals surface area contributed by atoms with E-state index < -0.39 is 50.3 Å². The van der Waals surface area contributed by atoms with Crippen LogP contribution in [0.3, 0.4) is 0 Å². The lowest BCUT2D eigenvalue weighted by molar-refractivity contribution is -0.605. The quantitative estimate of drug-likeness (QED) is 0.0843. The summed E-state index contributed by atoms with van der Waals surface area (Å²) in [5.41, 5.74) is 0.969. The Labute approximate surface area is 280 Å². The van der Waals surface area contributed by atoms with E-state index in [0.717, 1.165) is 37.7 Å². The number of carbonyl (C=O) groups excluding carboxylic acids is 1. The average molecular weight is 739 g/mol. The van der Waals surface area contributed by atoms with E-state index in [1.165, 1.54) is 42.5 Å². The first-order valence-electron chi connectivity index (χ1n) is 14.1. The Morgan fingerprint density at radius 2 is 1.62 bits per heavy atom. The van der Waals surface area contributed by atoms with Crippen LogP contribution in [0.1, 0.15) is 35.6 Å². The van der Waals surface area contributed by atoms with Crippen molar-refractivity contribution in [1.29, 1.82) is 0 Å². The van der Waals surface area contributed by atoms with Gasteiger partial charge in [0.15, 0.2) is 23.9 Å². The molecule has 0 spiro atoms. The molecular formula is C30H31Cl2F2NO10S2. The van der Waals surface area contributed by atoms with E-state index in [-0.39, 0.29) is 63.8 Å². The molecule has 4 rings (SSSR count). The molecule has 11 nitrogen and oxygen atoms in total. The number of nitrogens with zero attached hydrogens (tertiary/aromatic N) is 1. The third-order valence-corrected chi connectivity index (χ3v) is 9.08. The molecule has 0 bridgehead atoms. The predicted octanol–water partition coefficient (Wildman–Crippen LogP) is 5.09. The topological polar surface area (TPSA) is 149 Å². The molecule has 256 valence electrons. The van der Waals surface area contributed by atoms with Crippen LogP contribution in [0.5, 0.6) is 17.2 Å². The molecule has 1 fully saturated rings. The fourth-order valence-electron chi connectivity index (χ4n) is 4.61. The summed E-state index contributed by atoms with van der Waals surface area (Å²) in [5.74, 6) is -2.73. The molecule has 1 aliphatic rings. The van der Waals surface area contributed by atoms with Gasteiger partial charge in [0.25, 0.3) is 0 Å². The van der Waals surface area contributed by atoms with Gasteiger partial charge in [-0.15, -0.1) is 0 Å². The molecule has 3 aromatic rings. The monoisotopic (exact) mass is 737 g/mol. The van der Waals surface area contributed by atoms with Crippen LogP contribution in [0.15, 0.2) is 54.9 Å². The molecule has 2 atom stereocenters. The lowest BCUT2D eigenvalue weighted by Crippen LogP contribution is -2.29. The van der Waals surface area contributed by atoms with E-state index in [2.05, 4.69) is 4.74 Å². The highest BCUT2D eigenvalue weighted by molar-refractivity contribution is 7.90. The molecule has 1 saturated carbocycles. The lowest BCUT2D eigenvalue weighted by Gasteiger charge is -2.24. The average Bonchev–Trinajstić information content (AvgIpc) is 3.77. The maximum atomic E-state index is 13.7. The van der Waals surface area contributed by atoms with Crippen molar-refractivity contribution in [2.24, 2.45) is 11.8 Å². The summed E-state index contributed by atoms with van der Waals surface area (Å²) in [4.78, 5) is 13.7. The van der Waals surface area contributed by atoms with Crippen molar-refractivity contribution in [2.45, 2.75) is 38.4 Å². The molecule has 1 aliphatic carbocycles. The zero-order valence-electron chi connectivity index (χ0n) is 25.1. The van der Waals surface area contributed by atoms with E-state index in [0.29, 0.717) is 10.3 Å². The predicted molar refractivity (Wildman–Crippen MR) is 168 cm³/mol. The molecule has 2 aromatic carbocycles. The lowest BCUT2D eigenvalue weighted by atomic mass is 9.99. The Hall–Kier alpha value is -3.40. The van der Waals surface area contributed by atoms with Crippen LogP contribution in [-0.4, -0.2) is 54.3 Å². The van der Waals surface area contributed by atoms with Gasteiger partial charge in [0.2, 0.25) is 0 Å². The Morgan fingerprint density at radius 3 is 2.17 bits per heavy atom. The van der Waals surface area contributed by atoms with Crippen molar-refractivity contribution >= 4 is 49.1 Å². The Bertz CT molecular complexity index is 1780. The van der Waals surface area contributed by atoms with Crippen molar-refractivity contribution in [1.82, 2.24) is 0 Å². The first kappa shape index (κ1) is 36.4. The van der Waals surface area contributed by atoms with Gasteiger partial charge in [-0.25, -0.2) is 8.42 Å². The zero-order valence-corrected chi connectivity index (χ0v) is 28.3. The van der Waals surface area contributed by atoms with Crippen LogP contribution in [0, 0.1) is 17.0 Å². The first-order chi connectivity index (χ1) is 22.0. The van der Waals surface area contributed by atoms with Crippen molar-refractivity contribution in [3.05, 3.63) is 86.8 Å². The SMILES string of the molecule is CS(=O)(=O)C[C@@H](Cc1ccc(OS(C)(=O)=O)cc1)C(=O)O[C@@H](Cc1c(Cl)c[n+]([O-])cc1Cl)c1ccc(OC(F)F)c(OCC2CC2)c1. The molecule has 0 amide bonds. The molecule has 47 heavy (non-hydrogen) atoms. The van der Waals surface area contributed by atoms with Gasteiger partial charge < -0.3 is 23.6 Å². The maximum absolute atomic E-state index is 13.7. The summed E-state index contributed by atoms with van der Waals surface area (Å²) < 4.78 is 95.5. The third-order valence-electron chi connectivity index (χ3n) is 6.92. The number of carbonyl (C=O) groups is 1. The van der Waals surface area contributed by atoms with Crippen LogP contribution in [0.25, 0.3) is 0 Å². The molecule has 1 aromatic heterocycles. The van der Waals surface area contributed by atoms with Crippen molar-refractivity contribution in [2.75, 3.05) is 24.9 Å². The number of pyridine rings is 1. The number of hydrogen-bond acceptors (Lipinski definition) is 10. The van der Waals surface area contributed by atoms with Gasteiger partial charge in [-0.05, 0) is 60.6 Å². The van der Waals surface area contributed by atoms with Crippen molar-refractivity contribution < 1.29 is 53.5 Å². The number of aromatic nitrogens is 1. The number of hydrogen-bond donors (Lipinski definition) is 0. The van der Waals surface area contributed by atoms with Gasteiger partial charge >= 0.3 is 22.7 Å². The number of alkyl halides is 2. The molecule has 0 radical (unpaired) electrons. The van der Waals surface area contributed by atoms with Crippen LogP contribution >= 0.6 is 23.2 Å². The number of ether oxygens (including phenoxy) is 3. The molecule has 0 unspecified atom stereocenters. The second-order valence-corrected chi connectivity index (χ2v) is 15.8. The van der Waals surface area contributed by atoms with E-state index in [1.807, 2.05) is 0 Å². The number of halogens is 4. The number of sulfone groups is 1. The number of benzene rings is 2. The molecule has 1 heterocycles. The second kappa shape index (κ2) is 15.2. The van der Waals surface area contributed by atoms with Crippen molar-refractivity contribution in [3.8, 4) is 17.2 Å². The van der Waals surface area contributed by atoms with Crippen LogP contribution < -0.4 is 18.4 Å². The summed E-state index contributed by atoms with van der Waals surface area (Å²) in [5, 5.41) is 11.8. The van der Waals surface area contributed by atoms with Gasteiger partial charge in [-0.3, -0.25) is 4.79 Å². The van der Waals surface area contributed by atoms with Gasteiger partial charge in [0.1, 0.15) is 31.7 Å². The maximum Gasteiger partial charge on any atom is 0.387 e. The minimum atomic E-state index is -3.79. The smallest absolute Gasteiger partial charge is 0.387 e. The highest BCUT2D eigenvalue weighted by Crippen LogP contribution is 2.38. The van der Waals surface area contributed by atoms with Crippen LogP contribution in [-0.2, 0) is 42.3 Å². The van der Waals surface area contributed by atoms with Gasteiger partial charge in [-0.2, -0.15) is 21.9 Å². The highest BCUT2D eigenvalue weighted by atomic mass is 35.5. The Balaban J connectivity index is 1.68. The zero-order chi connectivity index (χ0) is 34.5. The molecule has 0 aliphatic heterocycles. The van der Waals surface area contributed by atoms with Gasteiger partial charge in [0, 0.05) is 18.2 Å². The largest absolute Gasteiger partial charge is 0.619 e. The van der Waals surface area contributed by atoms with Crippen molar-refractivity contribution in [3.63, 3.8) is 0 Å². The van der Waals surface area contributed by atoms with E-state index >= 15 is 0 Å². The number of esters is 1. The third kappa shape index (κ3) is 11.7. The summed E-state index contributed by atoms with van der Waals surface area (Å²) >= 11 is 12.6. The number of rotatable bonds is 16. The molecular weight excluding hydrogens is 707 g/mol. The first-order valence-corrected chi connectivity index (χ1v) is 18.7. The Morgan fingerprint density at radius 1 is 0.979 bits per heavy atom. The minimum Gasteiger partial charge on any atom is -0.619 e. The summed E-state index contributed by atoms with van der Waals surface area (Å²) in [6.45, 7) is -2.89. The van der Waals surface area contributed by atoms with Gasteiger partial charge in [0.05, 0.1) is 24.5 Å². The van der Waals surface area contributed by atoms with Gasteiger partial charge in [-0.1, -0.05) is 41.4 Å². The van der Waals surface area contributed by atoms with Crippen LogP contribution in [0.4, 0.5) is 8.78 Å². The summed E-state index contributed by atoms with van der Waals surface area (Å²) in [7, 11) is -7.51.